The van der Waals surface area contributed by atoms with Crippen LogP contribution in [-0.4, -0.2) is 51.1 Å². The molecule has 1 heterocycles. The average molecular weight is 245 g/mol. The van der Waals surface area contributed by atoms with E-state index < -0.39 is 0 Å². The van der Waals surface area contributed by atoms with Gasteiger partial charge in [-0.15, -0.1) is 0 Å². The molecule has 5 nitrogen and oxygen atoms in total. The minimum absolute atomic E-state index is 0.0825. The van der Waals surface area contributed by atoms with E-state index >= 15 is 0 Å². The zero-order valence-electron chi connectivity index (χ0n) is 10.9. The Kier molecular flexibility index (Phi) is 6.47. The van der Waals surface area contributed by atoms with Gasteiger partial charge in [-0.1, -0.05) is 0 Å². The number of rotatable bonds is 7. The first-order valence-electron chi connectivity index (χ1n) is 6.23. The van der Waals surface area contributed by atoms with Gasteiger partial charge in [0.25, 0.3) is 0 Å². The molecule has 0 aromatic rings. The smallest absolute Gasteiger partial charge is 0.325 e. The molecule has 1 fully saturated rings. The van der Waals surface area contributed by atoms with Crippen LogP contribution in [0.5, 0.6) is 0 Å². The van der Waals surface area contributed by atoms with Crippen LogP contribution < -0.4 is 5.32 Å². The van der Waals surface area contributed by atoms with E-state index in [1.165, 1.54) is 0 Å². The first-order valence-corrected chi connectivity index (χ1v) is 6.23. The van der Waals surface area contributed by atoms with E-state index in [2.05, 4.69) is 5.32 Å². The second-order valence-electron chi connectivity index (χ2n) is 4.24. The van der Waals surface area contributed by atoms with Crippen LogP contribution in [-0.2, 0) is 19.0 Å². The lowest BCUT2D eigenvalue weighted by atomic mass is 10.1. The van der Waals surface area contributed by atoms with E-state index in [-0.39, 0.29) is 24.2 Å². The topological polar surface area (TPSA) is 56.8 Å². The molecular formula is C12H23NO4. The minimum Gasteiger partial charge on any atom is -0.465 e. The van der Waals surface area contributed by atoms with E-state index in [0.29, 0.717) is 19.8 Å². The monoisotopic (exact) mass is 245 g/mol. The van der Waals surface area contributed by atoms with Gasteiger partial charge in [0.05, 0.1) is 25.4 Å². The molecule has 3 atom stereocenters. The lowest BCUT2D eigenvalue weighted by Gasteiger charge is -2.23. The molecule has 0 aromatic carbocycles. The van der Waals surface area contributed by atoms with Crippen LogP contribution in [0.25, 0.3) is 0 Å². The van der Waals surface area contributed by atoms with E-state index in [4.69, 9.17) is 14.2 Å². The Balaban J connectivity index is 2.48. The molecule has 3 unspecified atom stereocenters. The lowest BCUT2D eigenvalue weighted by Crippen LogP contribution is -2.48. The largest absolute Gasteiger partial charge is 0.465 e. The maximum absolute atomic E-state index is 11.8. The van der Waals surface area contributed by atoms with Crippen molar-refractivity contribution in [3.8, 4) is 0 Å². The van der Waals surface area contributed by atoms with E-state index in [1.54, 1.807) is 7.11 Å². The fourth-order valence-corrected chi connectivity index (χ4v) is 1.99. The molecule has 17 heavy (non-hydrogen) atoms. The molecule has 0 spiro atoms. The number of carbonyl (C=O) groups is 1. The summed E-state index contributed by atoms with van der Waals surface area (Å²) in [6.07, 6.45) is 2.03. The summed E-state index contributed by atoms with van der Waals surface area (Å²) >= 11 is 0. The molecule has 0 radical (unpaired) electrons. The summed E-state index contributed by atoms with van der Waals surface area (Å²) in [5.41, 5.74) is 0. The molecule has 1 saturated heterocycles. The number of carbonyl (C=O) groups excluding carboxylic acids is 1. The number of methoxy groups -OCH3 is 1. The molecule has 1 rings (SSSR count). The van der Waals surface area contributed by atoms with Crippen molar-refractivity contribution in [2.45, 2.75) is 44.9 Å². The zero-order valence-corrected chi connectivity index (χ0v) is 10.9. The van der Waals surface area contributed by atoms with Gasteiger partial charge in [0.15, 0.2) is 0 Å². The van der Waals surface area contributed by atoms with Gasteiger partial charge in [-0.25, -0.2) is 0 Å². The number of hydrogen-bond acceptors (Lipinski definition) is 5. The summed E-state index contributed by atoms with van der Waals surface area (Å²) in [7, 11) is 1.63. The first kappa shape index (κ1) is 14.4. The number of nitrogens with one attached hydrogen (secondary N) is 1. The highest BCUT2D eigenvalue weighted by Crippen LogP contribution is 2.22. The molecule has 0 amide bonds. The quantitative estimate of drug-likeness (QED) is 0.529. The van der Waals surface area contributed by atoms with Crippen LogP contribution in [0.15, 0.2) is 0 Å². The lowest BCUT2D eigenvalue weighted by molar-refractivity contribution is -0.149. The van der Waals surface area contributed by atoms with Gasteiger partial charge < -0.3 is 14.2 Å². The van der Waals surface area contributed by atoms with Crippen LogP contribution >= 0.6 is 0 Å². The third kappa shape index (κ3) is 4.61. The highest BCUT2D eigenvalue weighted by atomic mass is 16.5. The third-order valence-electron chi connectivity index (χ3n) is 2.85. The van der Waals surface area contributed by atoms with Gasteiger partial charge in [0, 0.05) is 13.7 Å². The van der Waals surface area contributed by atoms with Crippen LogP contribution in [0.3, 0.4) is 0 Å². The van der Waals surface area contributed by atoms with Crippen LogP contribution in [0, 0.1) is 0 Å². The van der Waals surface area contributed by atoms with Crippen molar-refractivity contribution >= 4 is 5.97 Å². The first-order chi connectivity index (χ1) is 8.19. The number of hydrogen-bond donors (Lipinski definition) is 1. The standard InChI is InChI=1S/C12H23NO4/c1-4-16-12(14)11(13-7-8-15-3)10-6-5-9(2)17-10/h9-11,13H,4-8H2,1-3H3. The van der Waals surface area contributed by atoms with E-state index in [1.807, 2.05) is 13.8 Å². The Bertz CT molecular complexity index is 235. The predicted octanol–water partition coefficient (Wildman–Crippen LogP) is 0.722. The summed E-state index contributed by atoms with van der Waals surface area (Å²) in [5.74, 6) is -0.234. The van der Waals surface area contributed by atoms with Crippen molar-refractivity contribution in [1.29, 1.82) is 0 Å². The SMILES string of the molecule is CCOC(=O)C(NCCOC)C1CCC(C)O1. The third-order valence-corrected chi connectivity index (χ3v) is 2.85. The van der Waals surface area contributed by atoms with Gasteiger partial charge in [-0.2, -0.15) is 0 Å². The number of esters is 1. The molecule has 0 aliphatic carbocycles. The van der Waals surface area contributed by atoms with Crippen molar-refractivity contribution < 1.29 is 19.0 Å². The van der Waals surface area contributed by atoms with Crippen molar-refractivity contribution in [3.63, 3.8) is 0 Å². The van der Waals surface area contributed by atoms with Crippen molar-refractivity contribution in [2.75, 3.05) is 26.9 Å². The molecule has 1 aliphatic heterocycles. The Morgan fingerprint density at radius 2 is 2.29 bits per heavy atom. The van der Waals surface area contributed by atoms with Crippen molar-refractivity contribution in [1.82, 2.24) is 5.32 Å². The Labute approximate surface area is 103 Å². The predicted molar refractivity (Wildman–Crippen MR) is 63.9 cm³/mol. The van der Waals surface area contributed by atoms with Gasteiger partial charge in [-0.05, 0) is 26.7 Å². The molecule has 5 heteroatoms. The maximum Gasteiger partial charge on any atom is 0.325 e. The van der Waals surface area contributed by atoms with E-state index in [9.17, 15) is 4.79 Å². The minimum atomic E-state index is -0.380. The fraction of sp³-hybridized carbons (Fsp3) is 0.917. The van der Waals surface area contributed by atoms with Crippen molar-refractivity contribution in [3.05, 3.63) is 0 Å². The van der Waals surface area contributed by atoms with Gasteiger partial charge >= 0.3 is 5.97 Å². The van der Waals surface area contributed by atoms with Crippen molar-refractivity contribution in [2.24, 2.45) is 0 Å². The number of ether oxygens (including phenoxy) is 3. The molecule has 1 N–H and O–H groups in total. The van der Waals surface area contributed by atoms with Gasteiger partial charge in [0.2, 0.25) is 0 Å². The van der Waals surface area contributed by atoms with Gasteiger partial charge in [0.1, 0.15) is 6.04 Å². The average Bonchev–Trinajstić information content (AvgIpc) is 2.71. The fourth-order valence-electron chi connectivity index (χ4n) is 1.99. The second kappa shape index (κ2) is 7.63. The normalized spacial score (nSPS) is 25.8. The summed E-state index contributed by atoms with van der Waals surface area (Å²) in [4.78, 5) is 11.8. The summed E-state index contributed by atoms with van der Waals surface area (Å²) in [6.45, 7) is 5.41. The second-order valence-corrected chi connectivity index (χ2v) is 4.24. The highest BCUT2D eigenvalue weighted by molar-refractivity contribution is 5.76. The summed E-state index contributed by atoms with van der Waals surface area (Å²) in [5, 5.41) is 3.14. The molecule has 0 saturated carbocycles. The zero-order chi connectivity index (χ0) is 12.7. The maximum atomic E-state index is 11.8. The highest BCUT2D eigenvalue weighted by Gasteiger charge is 2.34. The molecule has 0 aromatic heterocycles. The molecule has 0 bridgehead atoms. The van der Waals surface area contributed by atoms with Crippen LogP contribution in [0.1, 0.15) is 26.7 Å². The van der Waals surface area contributed by atoms with E-state index in [0.717, 1.165) is 12.8 Å². The Morgan fingerprint density at radius 3 is 2.82 bits per heavy atom. The van der Waals surface area contributed by atoms with Gasteiger partial charge in [-0.3, -0.25) is 10.1 Å². The Hall–Kier alpha value is -0.650. The molecule has 1 aliphatic rings. The molecular weight excluding hydrogens is 222 g/mol. The summed E-state index contributed by atoms with van der Waals surface area (Å²) < 4.78 is 15.7. The molecule has 100 valence electrons. The van der Waals surface area contributed by atoms with Crippen LogP contribution in [0.2, 0.25) is 0 Å². The Morgan fingerprint density at radius 1 is 1.53 bits per heavy atom. The summed E-state index contributed by atoms with van der Waals surface area (Å²) in [6, 6.07) is -0.380. The van der Waals surface area contributed by atoms with Crippen LogP contribution in [0.4, 0.5) is 0 Å².